The van der Waals surface area contributed by atoms with E-state index in [-0.39, 0.29) is 24.9 Å². The molecule has 1 aromatic heterocycles. The average molecular weight is 394 g/mol. The average Bonchev–Trinajstić information content (AvgIpc) is 3.11. The first-order chi connectivity index (χ1) is 13.4. The first-order valence-electron chi connectivity index (χ1n) is 8.96. The number of carbonyl (C=O) groups is 2. The second-order valence-corrected chi connectivity index (χ2v) is 7.54. The summed E-state index contributed by atoms with van der Waals surface area (Å²) in [6, 6.07) is 13.2. The van der Waals surface area contributed by atoms with Gasteiger partial charge < -0.3 is 10.1 Å². The Kier molecular flexibility index (Phi) is 6.21. The Hall–Kier alpha value is -2.99. The third-order valence-electron chi connectivity index (χ3n) is 4.51. The molecule has 3 aromatic rings. The molecule has 0 radical (unpaired) electrons. The van der Waals surface area contributed by atoms with Gasteiger partial charge in [-0.15, -0.1) is 11.3 Å². The minimum atomic E-state index is -0.368. The maximum absolute atomic E-state index is 12.3. The fourth-order valence-corrected chi connectivity index (χ4v) is 3.51. The van der Waals surface area contributed by atoms with Gasteiger partial charge in [0.05, 0.1) is 17.7 Å². The Morgan fingerprint density at radius 2 is 1.79 bits per heavy atom. The number of thiazole rings is 1. The van der Waals surface area contributed by atoms with Crippen molar-refractivity contribution in [3.8, 4) is 0 Å². The van der Waals surface area contributed by atoms with Crippen molar-refractivity contribution >= 4 is 28.9 Å². The number of anilines is 1. The number of esters is 1. The Labute approximate surface area is 168 Å². The number of nitrogens with zero attached hydrogens (tertiary/aromatic N) is 1. The van der Waals surface area contributed by atoms with E-state index in [4.69, 9.17) is 4.74 Å². The first-order valence-corrected chi connectivity index (χ1v) is 9.84. The molecule has 0 aliphatic heterocycles. The fourth-order valence-electron chi connectivity index (χ4n) is 2.73. The molecular formula is C22H22N2O3S. The van der Waals surface area contributed by atoms with E-state index >= 15 is 0 Å². The molecule has 0 saturated carbocycles. The van der Waals surface area contributed by atoms with Gasteiger partial charge in [-0.25, -0.2) is 9.78 Å². The topological polar surface area (TPSA) is 68.3 Å². The van der Waals surface area contributed by atoms with Crippen molar-refractivity contribution in [1.82, 2.24) is 4.98 Å². The van der Waals surface area contributed by atoms with Crippen molar-refractivity contribution in [2.24, 2.45) is 0 Å². The van der Waals surface area contributed by atoms with Gasteiger partial charge in [0.2, 0.25) is 5.91 Å². The number of aromatic nitrogens is 1. The third kappa shape index (κ3) is 4.84. The summed E-state index contributed by atoms with van der Waals surface area (Å²) in [5.74, 6) is -0.490. The van der Waals surface area contributed by atoms with E-state index in [0.717, 1.165) is 22.4 Å². The first kappa shape index (κ1) is 19.8. The molecule has 0 saturated heterocycles. The molecule has 144 valence electrons. The number of aryl methyl sites for hydroxylation is 2. The molecule has 28 heavy (non-hydrogen) atoms. The maximum Gasteiger partial charge on any atom is 0.338 e. The minimum Gasteiger partial charge on any atom is -0.456 e. The molecular weight excluding hydrogens is 372 g/mol. The predicted molar refractivity (Wildman–Crippen MR) is 111 cm³/mol. The number of ether oxygens (including phenoxy) is 1. The minimum absolute atomic E-state index is 0.0854. The second-order valence-electron chi connectivity index (χ2n) is 6.60. The van der Waals surface area contributed by atoms with Crippen molar-refractivity contribution in [2.45, 2.75) is 33.8 Å². The summed E-state index contributed by atoms with van der Waals surface area (Å²) in [5, 5.41) is 5.39. The van der Waals surface area contributed by atoms with E-state index in [9.17, 15) is 9.59 Å². The molecule has 0 atom stereocenters. The molecule has 1 amide bonds. The van der Waals surface area contributed by atoms with E-state index in [2.05, 4.69) is 10.3 Å². The molecule has 0 aliphatic rings. The van der Waals surface area contributed by atoms with Gasteiger partial charge in [-0.3, -0.25) is 4.79 Å². The number of carbonyl (C=O) groups excluding carboxylic acids is 2. The number of para-hydroxylation sites is 1. The number of benzene rings is 2. The molecule has 5 nitrogen and oxygen atoms in total. The van der Waals surface area contributed by atoms with Gasteiger partial charge in [-0.2, -0.15) is 0 Å². The van der Waals surface area contributed by atoms with E-state index in [1.165, 1.54) is 11.3 Å². The Morgan fingerprint density at radius 1 is 1.04 bits per heavy atom. The van der Waals surface area contributed by atoms with E-state index in [0.29, 0.717) is 16.3 Å². The molecule has 1 heterocycles. The highest BCUT2D eigenvalue weighted by atomic mass is 32.1. The number of hydrogen-bond donors (Lipinski definition) is 1. The van der Waals surface area contributed by atoms with Crippen LogP contribution < -0.4 is 5.32 Å². The van der Waals surface area contributed by atoms with Gasteiger partial charge in [-0.1, -0.05) is 30.3 Å². The molecule has 0 bridgehead atoms. The Balaban J connectivity index is 1.55. The lowest BCUT2D eigenvalue weighted by atomic mass is 10.0. The highest BCUT2D eigenvalue weighted by Gasteiger charge is 2.14. The largest absolute Gasteiger partial charge is 0.456 e. The Morgan fingerprint density at radius 3 is 2.57 bits per heavy atom. The normalized spacial score (nSPS) is 10.5. The number of amides is 1. The third-order valence-corrected chi connectivity index (χ3v) is 5.40. The van der Waals surface area contributed by atoms with Crippen LogP contribution in [0.3, 0.4) is 0 Å². The van der Waals surface area contributed by atoms with Crippen LogP contribution >= 0.6 is 11.3 Å². The van der Waals surface area contributed by atoms with Crippen LogP contribution in [0.5, 0.6) is 0 Å². The lowest BCUT2D eigenvalue weighted by Gasteiger charge is -2.08. The number of nitrogens with one attached hydrogen (secondary N) is 1. The van der Waals surface area contributed by atoms with Crippen molar-refractivity contribution in [3.05, 3.63) is 80.8 Å². The van der Waals surface area contributed by atoms with Gasteiger partial charge in [-0.05, 0) is 49.6 Å². The van der Waals surface area contributed by atoms with Gasteiger partial charge in [0.1, 0.15) is 11.6 Å². The van der Waals surface area contributed by atoms with Crippen LogP contribution in [0, 0.1) is 20.8 Å². The van der Waals surface area contributed by atoms with Crippen LogP contribution in [0.2, 0.25) is 0 Å². The smallest absolute Gasteiger partial charge is 0.338 e. The second kappa shape index (κ2) is 8.80. The Bertz CT molecular complexity index is 1010. The van der Waals surface area contributed by atoms with Crippen LogP contribution in [-0.2, 0) is 22.6 Å². The monoisotopic (exact) mass is 394 g/mol. The lowest BCUT2D eigenvalue weighted by molar-refractivity contribution is -0.115. The van der Waals surface area contributed by atoms with Crippen molar-refractivity contribution in [1.29, 1.82) is 0 Å². The van der Waals surface area contributed by atoms with Crippen molar-refractivity contribution in [3.63, 3.8) is 0 Å². The highest BCUT2D eigenvalue weighted by Crippen LogP contribution is 2.17. The van der Waals surface area contributed by atoms with Gasteiger partial charge >= 0.3 is 5.97 Å². The van der Waals surface area contributed by atoms with Crippen molar-refractivity contribution in [2.75, 3.05) is 5.32 Å². The molecule has 6 heteroatoms. The molecule has 0 spiro atoms. The van der Waals surface area contributed by atoms with Crippen LogP contribution in [-0.4, -0.2) is 16.9 Å². The molecule has 0 unspecified atom stereocenters. The highest BCUT2D eigenvalue weighted by molar-refractivity contribution is 7.09. The zero-order valence-corrected chi connectivity index (χ0v) is 16.9. The summed E-state index contributed by atoms with van der Waals surface area (Å²) >= 11 is 1.38. The summed E-state index contributed by atoms with van der Waals surface area (Å²) < 4.78 is 5.38. The molecule has 1 N–H and O–H groups in total. The number of hydrogen-bond acceptors (Lipinski definition) is 5. The van der Waals surface area contributed by atoms with E-state index in [1.54, 1.807) is 6.07 Å². The zero-order valence-electron chi connectivity index (χ0n) is 16.1. The molecule has 0 fully saturated rings. The van der Waals surface area contributed by atoms with Crippen molar-refractivity contribution < 1.29 is 14.3 Å². The summed E-state index contributed by atoms with van der Waals surface area (Å²) in [5.41, 5.74) is 4.97. The zero-order chi connectivity index (χ0) is 20.1. The molecule has 0 aliphatic carbocycles. The summed E-state index contributed by atoms with van der Waals surface area (Å²) in [6.45, 7) is 5.89. The fraction of sp³-hybridized carbons (Fsp3) is 0.227. The summed E-state index contributed by atoms with van der Waals surface area (Å²) in [4.78, 5) is 28.9. The van der Waals surface area contributed by atoms with Gasteiger partial charge in [0.25, 0.3) is 0 Å². The van der Waals surface area contributed by atoms with Crippen LogP contribution in [0.4, 0.5) is 5.69 Å². The molecule has 2 aromatic carbocycles. The quantitative estimate of drug-likeness (QED) is 0.620. The van der Waals surface area contributed by atoms with Crippen LogP contribution in [0.15, 0.2) is 47.8 Å². The predicted octanol–water partition coefficient (Wildman–Crippen LogP) is 4.61. The summed E-state index contributed by atoms with van der Waals surface area (Å²) in [7, 11) is 0. The number of rotatable bonds is 6. The van der Waals surface area contributed by atoms with E-state index < -0.39 is 0 Å². The van der Waals surface area contributed by atoms with Crippen LogP contribution in [0.25, 0.3) is 0 Å². The summed E-state index contributed by atoms with van der Waals surface area (Å²) in [6.07, 6.45) is 0.184. The van der Waals surface area contributed by atoms with Gasteiger partial charge in [0.15, 0.2) is 0 Å². The lowest BCUT2D eigenvalue weighted by Crippen LogP contribution is -2.15. The SMILES string of the molecule is Cc1ccccc1NC(=O)Cc1nc(COC(=O)c2cccc(C)c2C)cs1. The maximum atomic E-state index is 12.3. The van der Waals surface area contributed by atoms with Gasteiger partial charge in [0, 0.05) is 11.1 Å². The van der Waals surface area contributed by atoms with Crippen LogP contribution in [0.1, 0.15) is 37.7 Å². The van der Waals surface area contributed by atoms with E-state index in [1.807, 2.05) is 62.5 Å². The standard InChI is InChI=1S/C22H22N2O3S/c1-14-8-6-9-18(16(14)3)22(26)27-12-17-13-28-21(23-17)11-20(25)24-19-10-5-4-7-15(19)2/h4-10,13H,11-12H2,1-3H3,(H,24,25). The molecule has 3 rings (SSSR count).